The van der Waals surface area contributed by atoms with E-state index < -0.39 is 0 Å². The SMILES string of the molecule is [C-]#[N+]c1cccc2cc3c(cc12)-c1ccc(-c2cc(-c4cccnc4)cc(-c4nc(-c5ccccc5)nc(-c5ccc(-c6ccccc6)cc5)n4)c2)cc1C3(C)C. The molecule has 268 valence electrons. The maximum absolute atomic E-state index is 7.78. The molecule has 0 bridgehead atoms. The van der Waals surface area contributed by atoms with E-state index in [1.54, 1.807) is 6.20 Å². The Morgan fingerprint density at radius 3 is 1.68 bits per heavy atom. The van der Waals surface area contributed by atoms with Crippen molar-refractivity contribution in [2.24, 2.45) is 0 Å². The molecule has 0 aliphatic heterocycles. The van der Waals surface area contributed by atoms with E-state index in [-0.39, 0.29) is 5.41 Å². The standard InChI is InChI=1S/C52H35N5/c1-52(2)46-29-37(23-24-43(46)45-31-44-38(30-47(45)52)16-10-18-48(44)53-3)40-26-41(39-17-11-25-54-32-39)28-42(27-40)51-56-49(35-14-8-5-9-15-35)55-50(57-51)36-21-19-34(20-22-36)33-12-6-4-7-13-33/h4-32H,1-2H3. The maximum Gasteiger partial charge on any atom is 0.194 e. The zero-order valence-electron chi connectivity index (χ0n) is 31.5. The van der Waals surface area contributed by atoms with E-state index in [2.05, 4.69) is 133 Å². The number of aromatic nitrogens is 4. The van der Waals surface area contributed by atoms with Crippen molar-refractivity contribution < 1.29 is 0 Å². The zero-order valence-corrected chi connectivity index (χ0v) is 31.5. The lowest BCUT2D eigenvalue weighted by molar-refractivity contribution is 0.661. The Bertz CT molecular complexity index is 3020. The molecule has 2 heterocycles. The topological polar surface area (TPSA) is 55.9 Å². The number of rotatable bonds is 6. The number of hydrogen-bond donors (Lipinski definition) is 0. The van der Waals surface area contributed by atoms with Crippen molar-refractivity contribution in [2.45, 2.75) is 19.3 Å². The van der Waals surface area contributed by atoms with Crippen LogP contribution in [0.5, 0.6) is 0 Å². The molecule has 0 fully saturated rings. The summed E-state index contributed by atoms with van der Waals surface area (Å²) in [4.78, 5) is 23.6. The van der Waals surface area contributed by atoms with Crippen molar-refractivity contribution in [3.8, 4) is 78.7 Å². The maximum atomic E-state index is 7.78. The van der Waals surface area contributed by atoms with Crippen molar-refractivity contribution in [3.05, 3.63) is 199 Å². The third-order valence-corrected chi connectivity index (χ3v) is 11.2. The minimum Gasteiger partial charge on any atom is -0.264 e. The van der Waals surface area contributed by atoms with Gasteiger partial charge in [-0.15, -0.1) is 0 Å². The number of pyridine rings is 1. The molecule has 1 aliphatic rings. The molecular formula is C52H35N5. The molecular weight excluding hydrogens is 695 g/mol. The van der Waals surface area contributed by atoms with Crippen LogP contribution >= 0.6 is 0 Å². The van der Waals surface area contributed by atoms with Gasteiger partial charge < -0.3 is 0 Å². The van der Waals surface area contributed by atoms with Gasteiger partial charge in [0.25, 0.3) is 0 Å². The average Bonchev–Trinajstić information content (AvgIpc) is 3.50. The molecule has 0 saturated carbocycles. The highest BCUT2D eigenvalue weighted by atomic mass is 15.0. The van der Waals surface area contributed by atoms with E-state index in [4.69, 9.17) is 21.5 Å². The van der Waals surface area contributed by atoms with Crippen LogP contribution in [0, 0.1) is 6.57 Å². The number of benzene rings is 7. The zero-order chi connectivity index (χ0) is 38.5. The molecule has 0 atom stereocenters. The van der Waals surface area contributed by atoms with Gasteiger partial charge in [0.15, 0.2) is 23.2 Å². The van der Waals surface area contributed by atoms with Crippen LogP contribution in [-0.2, 0) is 5.41 Å². The van der Waals surface area contributed by atoms with Crippen LogP contribution in [0.2, 0.25) is 0 Å². The second-order valence-electron chi connectivity index (χ2n) is 15.0. The van der Waals surface area contributed by atoms with Crippen LogP contribution in [0.25, 0.3) is 94.3 Å². The number of fused-ring (bicyclic) bond motifs is 4. The van der Waals surface area contributed by atoms with E-state index in [9.17, 15) is 0 Å². The van der Waals surface area contributed by atoms with Crippen molar-refractivity contribution in [3.63, 3.8) is 0 Å². The fourth-order valence-corrected chi connectivity index (χ4v) is 8.18. The number of hydrogen-bond acceptors (Lipinski definition) is 4. The highest BCUT2D eigenvalue weighted by molar-refractivity contribution is 6.00. The Labute approximate surface area is 331 Å². The summed E-state index contributed by atoms with van der Waals surface area (Å²) in [7, 11) is 0. The van der Waals surface area contributed by atoms with Crippen LogP contribution < -0.4 is 0 Å². The first-order valence-electron chi connectivity index (χ1n) is 19.1. The molecule has 2 aromatic heterocycles. The smallest absolute Gasteiger partial charge is 0.194 e. The molecule has 0 radical (unpaired) electrons. The molecule has 57 heavy (non-hydrogen) atoms. The summed E-state index contributed by atoms with van der Waals surface area (Å²) in [6, 6.07) is 56.8. The minimum absolute atomic E-state index is 0.240. The molecule has 5 heteroatoms. The molecule has 5 nitrogen and oxygen atoms in total. The molecule has 0 spiro atoms. The monoisotopic (exact) mass is 729 g/mol. The highest BCUT2D eigenvalue weighted by Gasteiger charge is 2.36. The lowest BCUT2D eigenvalue weighted by atomic mass is 9.81. The first-order chi connectivity index (χ1) is 27.9. The summed E-state index contributed by atoms with van der Waals surface area (Å²) in [6.07, 6.45) is 3.70. The predicted octanol–water partition coefficient (Wildman–Crippen LogP) is 13.3. The van der Waals surface area contributed by atoms with Gasteiger partial charge in [-0.2, -0.15) is 0 Å². The Kier molecular flexibility index (Phi) is 8.13. The summed E-state index contributed by atoms with van der Waals surface area (Å²) in [5.41, 5.74) is 14.6. The van der Waals surface area contributed by atoms with Crippen molar-refractivity contribution in [2.75, 3.05) is 0 Å². The largest absolute Gasteiger partial charge is 0.264 e. The molecule has 0 unspecified atom stereocenters. The molecule has 7 aromatic carbocycles. The van der Waals surface area contributed by atoms with Crippen LogP contribution in [0.15, 0.2) is 176 Å². The molecule has 0 amide bonds. The lowest BCUT2D eigenvalue weighted by Crippen LogP contribution is -2.15. The van der Waals surface area contributed by atoms with Gasteiger partial charge in [-0.1, -0.05) is 147 Å². The van der Waals surface area contributed by atoms with E-state index in [1.165, 1.54) is 22.3 Å². The summed E-state index contributed by atoms with van der Waals surface area (Å²) in [5, 5.41) is 2.09. The van der Waals surface area contributed by atoms with Gasteiger partial charge in [0, 0.05) is 40.1 Å². The average molecular weight is 730 g/mol. The van der Waals surface area contributed by atoms with Crippen molar-refractivity contribution >= 4 is 16.5 Å². The summed E-state index contributed by atoms with van der Waals surface area (Å²) in [6.45, 7) is 12.4. The third-order valence-electron chi connectivity index (χ3n) is 11.2. The van der Waals surface area contributed by atoms with Crippen LogP contribution in [0.1, 0.15) is 25.0 Å². The third kappa shape index (κ3) is 6.05. The first-order valence-corrected chi connectivity index (χ1v) is 19.1. The Morgan fingerprint density at radius 2 is 1.00 bits per heavy atom. The lowest BCUT2D eigenvalue weighted by Gasteiger charge is -2.22. The molecule has 10 rings (SSSR count). The second kappa shape index (κ2) is 13.6. The Balaban J connectivity index is 1.13. The summed E-state index contributed by atoms with van der Waals surface area (Å²) in [5.74, 6) is 1.81. The van der Waals surface area contributed by atoms with Gasteiger partial charge in [0.2, 0.25) is 0 Å². The van der Waals surface area contributed by atoms with Gasteiger partial charge in [-0.05, 0) is 91.2 Å². The van der Waals surface area contributed by atoms with E-state index in [1.807, 2.05) is 60.8 Å². The fourth-order valence-electron chi connectivity index (χ4n) is 8.18. The van der Waals surface area contributed by atoms with Gasteiger partial charge in [-0.25, -0.2) is 19.8 Å². The summed E-state index contributed by atoms with van der Waals surface area (Å²) < 4.78 is 0. The van der Waals surface area contributed by atoms with E-state index in [0.717, 1.165) is 60.8 Å². The Morgan fingerprint density at radius 1 is 0.439 bits per heavy atom. The van der Waals surface area contributed by atoms with E-state index >= 15 is 0 Å². The predicted molar refractivity (Wildman–Crippen MR) is 232 cm³/mol. The molecule has 0 saturated heterocycles. The highest BCUT2D eigenvalue weighted by Crippen LogP contribution is 2.51. The molecule has 0 N–H and O–H groups in total. The molecule has 1 aliphatic carbocycles. The van der Waals surface area contributed by atoms with Gasteiger partial charge >= 0.3 is 0 Å². The van der Waals surface area contributed by atoms with Crippen LogP contribution in [0.3, 0.4) is 0 Å². The normalized spacial score (nSPS) is 12.5. The van der Waals surface area contributed by atoms with Gasteiger partial charge in [0.05, 0.1) is 6.57 Å². The number of nitrogens with zero attached hydrogens (tertiary/aromatic N) is 5. The van der Waals surface area contributed by atoms with Crippen LogP contribution in [0.4, 0.5) is 5.69 Å². The second-order valence-corrected chi connectivity index (χ2v) is 15.0. The van der Waals surface area contributed by atoms with Crippen molar-refractivity contribution in [1.82, 2.24) is 19.9 Å². The first kappa shape index (κ1) is 34.0. The summed E-state index contributed by atoms with van der Waals surface area (Å²) >= 11 is 0. The fraction of sp³-hybridized carbons (Fsp3) is 0.0577. The Hall–Kier alpha value is -7.55. The van der Waals surface area contributed by atoms with E-state index in [0.29, 0.717) is 23.2 Å². The van der Waals surface area contributed by atoms with Gasteiger partial charge in [-0.3, -0.25) is 4.98 Å². The van der Waals surface area contributed by atoms with Gasteiger partial charge in [0.1, 0.15) is 0 Å². The molecule has 9 aromatic rings. The quantitative estimate of drug-likeness (QED) is 0.160. The minimum atomic E-state index is -0.240. The van der Waals surface area contributed by atoms with Crippen molar-refractivity contribution in [1.29, 1.82) is 0 Å². The van der Waals surface area contributed by atoms with Crippen LogP contribution in [-0.4, -0.2) is 19.9 Å².